The molecule has 1 aromatic carbocycles. The number of nitrogens with two attached hydrogens (primary N) is 1. The molecule has 1 heterocycles. The summed E-state index contributed by atoms with van der Waals surface area (Å²) in [6, 6.07) is 6.31. The van der Waals surface area contributed by atoms with Gasteiger partial charge in [0.2, 0.25) is 5.91 Å². The maximum atomic E-state index is 12.9. The van der Waals surface area contributed by atoms with Gasteiger partial charge in [-0.3, -0.25) is 9.59 Å². The molecule has 2 amide bonds. The van der Waals surface area contributed by atoms with Crippen LogP contribution in [0, 0.1) is 5.41 Å². The second-order valence-corrected chi connectivity index (χ2v) is 8.20. The zero-order valence-corrected chi connectivity index (χ0v) is 16.3. The fraction of sp³-hybridized carbons (Fsp3) is 0.556. The van der Waals surface area contributed by atoms with Crippen LogP contribution in [0.25, 0.3) is 0 Å². The molecule has 0 saturated carbocycles. The normalized spacial score (nSPS) is 21.2. The second-order valence-electron chi connectivity index (χ2n) is 6.81. The molecule has 0 aromatic heterocycles. The van der Waals surface area contributed by atoms with Crippen molar-refractivity contribution in [1.82, 2.24) is 10.2 Å². The number of likely N-dealkylation sites (tertiary alicyclic amines) is 1. The summed E-state index contributed by atoms with van der Waals surface area (Å²) < 4.78 is 0. The van der Waals surface area contributed by atoms with Crippen molar-refractivity contribution < 1.29 is 9.59 Å². The van der Waals surface area contributed by atoms with E-state index in [1.165, 1.54) is 0 Å². The fourth-order valence-electron chi connectivity index (χ4n) is 2.97. The van der Waals surface area contributed by atoms with Crippen molar-refractivity contribution in [1.29, 1.82) is 0 Å². The number of hydrogen-bond donors (Lipinski definition) is 2. The molecule has 1 aliphatic heterocycles. The van der Waals surface area contributed by atoms with Gasteiger partial charge >= 0.3 is 0 Å². The Bertz CT molecular complexity index is 628. The van der Waals surface area contributed by atoms with Crippen LogP contribution in [0.3, 0.4) is 0 Å². The number of amides is 2. The van der Waals surface area contributed by atoms with Gasteiger partial charge in [0, 0.05) is 13.1 Å². The first kappa shape index (κ1) is 20.1. The predicted molar refractivity (Wildman–Crippen MR) is 104 cm³/mol. The Morgan fingerprint density at radius 1 is 1.44 bits per heavy atom. The lowest BCUT2D eigenvalue weighted by atomic mass is 9.90. The molecule has 2 atom stereocenters. The monoisotopic (exact) mass is 383 g/mol. The van der Waals surface area contributed by atoms with Gasteiger partial charge in [0.15, 0.2) is 0 Å². The Kier molecular flexibility index (Phi) is 7.16. The average Bonchev–Trinajstić information content (AvgIpc) is 3.01. The molecule has 1 aliphatic rings. The van der Waals surface area contributed by atoms with E-state index in [0.717, 1.165) is 12.2 Å². The van der Waals surface area contributed by atoms with Crippen LogP contribution in [0.2, 0.25) is 5.02 Å². The smallest absolute Gasteiger partial charge is 0.253 e. The maximum absolute atomic E-state index is 12.9. The third kappa shape index (κ3) is 5.12. The van der Waals surface area contributed by atoms with E-state index in [1.807, 2.05) is 11.2 Å². The third-order valence-electron chi connectivity index (χ3n) is 4.69. The largest absolute Gasteiger partial charge is 0.340 e. The maximum Gasteiger partial charge on any atom is 0.253 e. The highest BCUT2D eigenvalue weighted by Gasteiger charge is 2.37. The number of thioether (sulfide) groups is 1. The predicted octanol–water partition coefficient (Wildman–Crippen LogP) is 2.39. The van der Waals surface area contributed by atoms with E-state index in [2.05, 4.69) is 12.2 Å². The van der Waals surface area contributed by atoms with Gasteiger partial charge in [-0.25, -0.2) is 0 Å². The summed E-state index contributed by atoms with van der Waals surface area (Å²) in [7, 11) is 0. The van der Waals surface area contributed by atoms with E-state index in [1.54, 1.807) is 36.0 Å². The summed E-state index contributed by atoms with van der Waals surface area (Å²) in [4.78, 5) is 27.3. The molecule has 2 rings (SSSR count). The Morgan fingerprint density at radius 2 is 2.16 bits per heavy atom. The van der Waals surface area contributed by atoms with E-state index < -0.39 is 6.04 Å². The molecule has 0 bridgehead atoms. The molecular formula is C18H26ClN3O2S. The van der Waals surface area contributed by atoms with Crippen molar-refractivity contribution in [3.8, 4) is 0 Å². The van der Waals surface area contributed by atoms with E-state index in [9.17, 15) is 9.59 Å². The standard InChI is InChI=1S/C18H26ClN3O2S/c1-18(11-20)8-9-22(12-18)17(24)15(7-10-25-2)21-16(23)13-5-3-4-6-14(13)19/h3-6,15H,7-12,20H2,1-2H3,(H,21,23). The number of benzene rings is 1. The van der Waals surface area contributed by atoms with Crippen molar-refractivity contribution in [2.24, 2.45) is 11.1 Å². The molecule has 5 nitrogen and oxygen atoms in total. The minimum atomic E-state index is -0.545. The van der Waals surface area contributed by atoms with Gasteiger partial charge in [0.05, 0.1) is 10.6 Å². The average molecular weight is 384 g/mol. The summed E-state index contributed by atoms with van der Waals surface area (Å²) >= 11 is 7.75. The van der Waals surface area contributed by atoms with E-state index >= 15 is 0 Å². The van der Waals surface area contributed by atoms with Gasteiger partial charge in [-0.05, 0) is 48.9 Å². The number of halogens is 1. The van der Waals surface area contributed by atoms with Crippen molar-refractivity contribution in [3.63, 3.8) is 0 Å². The molecule has 0 aliphatic carbocycles. The van der Waals surface area contributed by atoms with Crippen LogP contribution in [-0.4, -0.2) is 54.4 Å². The van der Waals surface area contributed by atoms with Gasteiger partial charge in [0.25, 0.3) is 5.91 Å². The SMILES string of the molecule is CSCCC(NC(=O)c1ccccc1Cl)C(=O)N1CCC(C)(CN)C1. The van der Waals surface area contributed by atoms with Crippen molar-refractivity contribution in [2.75, 3.05) is 31.6 Å². The molecule has 3 N–H and O–H groups in total. The summed E-state index contributed by atoms with van der Waals surface area (Å²) in [6.45, 7) is 3.97. The zero-order valence-electron chi connectivity index (χ0n) is 14.8. The first-order valence-electron chi connectivity index (χ1n) is 8.43. The van der Waals surface area contributed by atoms with Crippen LogP contribution in [0.5, 0.6) is 0 Å². The molecule has 0 spiro atoms. The Hall–Kier alpha value is -1.24. The third-order valence-corrected chi connectivity index (χ3v) is 5.67. The molecule has 138 valence electrons. The highest BCUT2D eigenvalue weighted by molar-refractivity contribution is 7.98. The van der Waals surface area contributed by atoms with Gasteiger partial charge in [-0.15, -0.1) is 0 Å². The van der Waals surface area contributed by atoms with E-state index in [-0.39, 0.29) is 17.2 Å². The van der Waals surface area contributed by atoms with Gasteiger partial charge in [0.1, 0.15) is 6.04 Å². The molecular weight excluding hydrogens is 358 g/mol. The molecule has 7 heteroatoms. The minimum Gasteiger partial charge on any atom is -0.340 e. The highest BCUT2D eigenvalue weighted by atomic mass is 35.5. The molecule has 1 saturated heterocycles. The van der Waals surface area contributed by atoms with E-state index in [0.29, 0.717) is 36.6 Å². The first-order valence-corrected chi connectivity index (χ1v) is 10.2. The quantitative estimate of drug-likeness (QED) is 0.758. The lowest BCUT2D eigenvalue weighted by Gasteiger charge is -2.26. The van der Waals surface area contributed by atoms with Gasteiger partial charge in [-0.1, -0.05) is 30.7 Å². The van der Waals surface area contributed by atoms with Crippen LogP contribution in [0.1, 0.15) is 30.1 Å². The summed E-state index contributed by atoms with van der Waals surface area (Å²) in [5.74, 6) is 0.443. The molecule has 25 heavy (non-hydrogen) atoms. The lowest BCUT2D eigenvalue weighted by molar-refractivity contribution is -0.132. The number of carbonyl (C=O) groups excluding carboxylic acids is 2. The van der Waals surface area contributed by atoms with E-state index in [4.69, 9.17) is 17.3 Å². The van der Waals surface area contributed by atoms with Gasteiger partial charge in [-0.2, -0.15) is 11.8 Å². The molecule has 1 fully saturated rings. The Balaban J connectivity index is 2.09. The fourth-order valence-corrected chi connectivity index (χ4v) is 3.67. The van der Waals surface area contributed by atoms with Crippen LogP contribution in [0.15, 0.2) is 24.3 Å². The summed E-state index contributed by atoms with van der Waals surface area (Å²) in [5, 5.41) is 3.25. The summed E-state index contributed by atoms with van der Waals surface area (Å²) in [6.07, 6.45) is 3.47. The van der Waals surface area contributed by atoms with Crippen LogP contribution >= 0.6 is 23.4 Å². The molecule has 1 aromatic rings. The minimum absolute atomic E-state index is 0.0353. The van der Waals surface area contributed by atoms with Crippen molar-refractivity contribution >= 4 is 35.2 Å². The summed E-state index contributed by atoms with van der Waals surface area (Å²) in [5.41, 5.74) is 6.19. The number of rotatable bonds is 7. The van der Waals surface area contributed by atoms with Crippen molar-refractivity contribution in [2.45, 2.75) is 25.8 Å². The number of carbonyl (C=O) groups is 2. The Morgan fingerprint density at radius 3 is 2.76 bits per heavy atom. The topological polar surface area (TPSA) is 75.4 Å². The van der Waals surface area contributed by atoms with Crippen LogP contribution < -0.4 is 11.1 Å². The number of hydrogen-bond acceptors (Lipinski definition) is 4. The van der Waals surface area contributed by atoms with Crippen LogP contribution in [-0.2, 0) is 4.79 Å². The van der Waals surface area contributed by atoms with Gasteiger partial charge < -0.3 is 16.0 Å². The van der Waals surface area contributed by atoms with Crippen molar-refractivity contribution in [3.05, 3.63) is 34.9 Å². The molecule has 2 unspecified atom stereocenters. The van der Waals surface area contributed by atoms with Crippen LogP contribution in [0.4, 0.5) is 0 Å². The zero-order chi connectivity index (χ0) is 18.4. The lowest BCUT2D eigenvalue weighted by Crippen LogP contribution is -2.49. The number of nitrogens with one attached hydrogen (secondary N) is 1. The Labute approximate surface area is 158 Å². The number of nitrogens with zero attached hydrogens (tertiary/aromatic N) is 1. The molecule has 0 radical (unpaired) electrons. The second kappa shape index (κ2) is 8.92. The highest BCUT2D eigenvalue weighted by Crippen LogP contribution is 2.29. The first-order chi connectivity index (χ1) is 11.9.